The molecule has 3 aliphatic carbocycles. The van der Waals surface area contributed by atoms with Crippen LogP contribution >= 0.6 is 23.4 Å². The normalized spacial score (nSPS) is 33.7. The maximum atomic E-state index is 6.36. The quantitative estimate of drug-likeness (QED) is 0.399. The lowest BCUT2D eigenvalue weighted by atomic mass is 9.70. The van der Waals surface area contributed by atoms with E-state index in [0.717, 1.165) is 40.8 Å². The molecule has 1 aliphatic heterocycles. The van der Waals surface area contributed by atoms with E-state index < -0.39 is 0 Å². The summed E-state index contributed by atoms with van der Waals surface area (Å²) in [6, 6.07) is 0.653. The van der Waals surface area contributed by atoms with Gasteiger partial charge in [0.15, 0.2) is 0 Å². The van der Waals surface area contributed by atoms with Crippen LogP contribution in [0, 0.1) is 35.5 Å². The fourth-order valence-electron chi connectivity index (χ4n) is 8.01. The monoisotopic (exact) mass is 582 g/mol. The number of alkyl halides is 1. The van der Waals surface area contributed by atoms with Crippen LogP contribution in [-0.2, 0) is 0 Å². The Morgan fingerprint density at radius 2 is 1.29 bits per heavy atom. The zero-order valence-electron chi connectivity index (χ0n) is 24.7. The maximum absolute atomic E-state index is 6.36. The lowest BCUT2D eigenvalue weighted by Gasteiger charge is -2.41. The summed E-state index contributed by atoms with van der Waals surface area (Å²) in [6.07, 6.45) is 22.4. The minimum absolute atomic E-state index is 0. The van der Waals surface area contributed by atoms with E-state index in [-0.39, 0.29) is 21.9 Å². The molecule has 3 saturated carbocycles. The molecule has 8 heteroatoms. The molecular formula is C30H63ClN2O4S. The van der Waals surface area contributed by atoms with Crippen LogP contribution in [0.25, 0.3) is 0 Å². The number of hydrogen-bond donors (Lipinski definition) is 1. The number of rotatable bonds is 9. The van der Waals surface area contributed by atoms with Crippen LogP contribution in [-0.4, -0.2) is 75.9 Å². The molecule has 0 aromatic rings. The van der Waals surface area contributed by atoms with Crippen molar-refractivity contribution >= 4 is 23.4 Å². The molecule has 230 valence electrons. The second kappa shape index (κ2) is 19.5. The van der Waals surface area contributed by atoms with Gasteiger partial charge in [0, 0.05) is 23.2 Å². The molecule has 4 rings (SSSR count). The fourth-order valence-corrected chi connectivity index (χ4v) is 9.00. The summed E-state index contributed by atoms with van der Waals surface area (Å²) in [5.74, 6) is 5.63. The van der Waals surface area contributed by atoms with E-state index in [9.17, 15) is 0 Å². The number of piperidine rings is 1. The van der Waals surface area contributed by atoms with Gasteiger partial charge in [0.05, 0.1) is 0 Å². The van der Waals surface area contributed by atoms with Gasteiger partial charge in [-0.25, -0.2) is 0 Å². The Morgan fingerprint density at radius 1 is 0.737 bits per heavy atom. The average Bonchev–Trinajstić information content (AvgIpc) is 2.87. The summed E-state index contributed by atoms with van der Waals surface area (Å²) in [7, 11) is 0. The molecular weight excluding hydrogens is 520 g/mol. The Hall–Kier alpha value is 0.400. The molecule has 2 unspecified atom stereocenters. The predicted octanol–water partition coefficient (Wildman–Crippen LogP) is 4.54. The number of nitrogens with one attached hydrogen (secondary N) is 1. The molecule has 0 aromatic carbocycles. The first kappa shape index (κ1) is 38.4. The van der Waals surface area contributed by atoms with Gasteiger partial charge in [0.25, 0.3) is 0 Å². The molecule has 9 N–H and O–H groups in total. The van der Waals surface area contributed by atoms with Gasteiger partial charge < -0.3 is 32.1 Å². The Bertz CT molecular complexity index is 581. The van der Waals surface area contributed by atoms with Gasteiger partial charge in [-0.15, -0.1) is 11.6 Å². The predicted molar refractivity (Wildman–Crippen MR) is 167 cm³/mol. The third-order valence-corrected chi connectivity index (χ3v) is 12.0. The van der Waals surface area contributed by atoms with Crippen molar-refractivity contribution in [3.63, 3.8) is 0 Å². The third-order valence-electron chi connectivity index (χ3n) is 10.5. The van der Waals surface area contributed by atoms with Gasteiger partial charge in [0.2, 0.25) is 0 Å². The number of likely N-dealkylation sites (tertiary alicyclic amines) is 1. The Morgan fingerprint density at radius 3 is 1.87 bits per heavy atom. The minimum Gasteiger partial charge on any atom is -0.412 e. The first-order chi connectivity index (χ1) is 16.5. The molecule has 38 heavy (non-hydrogen) atoms. The highest BCUT2D eigenvalue weighted by molar-refractivity contribution is 7.99. The second-order valence-corrected chi connectivity index (χ2v) is 14.7. The molecule has 1 saturated heterocycles. The maximum Gasteiger partial charge on any atom is 0.0336 e. The molecule has 4 aliphatic rings. The molecule has 0 bridgehead atoms. The Labute approximate surface area is 243 Å². The van der Waals surface area contributed by atoms with Gasteiger partial charge in [-0.05, 0) is 138 Å². The molecule has 0 aromatic heterocycles. The van der Waals surface area contributed by atoms with Crippen molar-refractivity contribution in [2.45, 2.75) is 120 Å². The van der Waals surface area contributed by atoms with E-state index >= 15 is 0 Å². The van der Waals surface area contributed by atoms with Crippen molar-refractivity contribution in [2.24, 2.45) is 35.5 Å². The van der Waals surface area contributed by atoms with E-state index in [1.54, 1.807) is 0 Å². The number of hydrogen-bond acceptors (Lipinski definition) is 3. The standard InChI is InChI=1S/C30H55ClN2S.4H2O/c1-22(2)30(21-33-17-15-26(16-18-33)24-7-11-28(31)12-8-24)32-20-23-5-4-6-27(19-23)25-9-13-29(34-3)14-10-25;;;;/h22-30,32H,4-21H2,1-3H3;4*1H2/t23?,24?,25?,27?,28?,29?,30-;;;;/m0..../s1. The molecule has 1 heterocycles. The molecule has 0 radical (unpaired) electrons. The van der Waals surface area contributed by atoms with Crippen LogP contribution in [0.3, 0.4) is 0 Å². The zero-order valence-corrected chi connectivity index (χ0v) is 26.2. The van der Waals surface area contributed by atoms with E-state index in [4.69, 9.17) is 11.6 Å². The van der Waals surface area contributed by atoms with Crippen LogP contribution in [0.2, 0.25) is 0 Å². The summed E-state index contributed by atoms with van der Waals surface area (Å²) in [6.45, 7) is 10.0. The number of halogens is 1. The van der Waals surface area contributed by atoms with Gasteiger partial charge in [-0.3, -0.25) is 0 Å². The summed E-state index contributed by atoms with van der Waals surface area (Å²) in [5.41, 5.74) is 0. The fraction of sp³-hybridized carbons (Fsp3) is 1.00. The number of thioether (sulfide) groups is 1. The minimum atomic E-state index is 0. The SMILES string of the molecule is CSC1CCC(C2CCCC(CN[C@@H](CN3CCC(C4CCC(Cl)CC4)CC3)C(C)C)C2)CC1.O.O.O.O. The smallest absolute Gasteiger partial charge is 0.0336 e. The van der Waals surface area contributed by atoms with Gasteiger partial charge in [0.1, 0.15) is 0 Å². The first-order valence-electron chi connectivity index (χ1n) is 15.1. The molecule has 0 spiro atoms. The van der Waals surface area contributed by atoms with Gasteiger partial charge in [-0.2, -0.15) is 11.8 Å². The first-order valence-corrected chi connectivity index (χ1v) is 16.9. The Kier molecular flexibility index (Phi) is 19.7. The highest BCUT2D eigenvalue weighted by Crippen LogP contribution is 2.42. The second-order valence-electron chi connectivity index (χ2n) is 13.0. The summed E-state index contributed by atoms with van der Waals surface area (Å²) >= 11 is 8.47. The lowest BCUT2D eigenvalue weighted by molar-refractivity contribution is 0.110. The van der Waals surface area contributed by atoms with E-state index in [1.165, 1.54) is 116 Å². The van der Waals surface area contributed by atoms with Crippen LogP contribution in [0.4, 0.5) is 0 Å². The van der Waals surface area contributed by atoms with Gasteiger partial charge in [-0.1, -0.05) is 26.7 Å². The summed E-state index contributed by atoms with van der Waals surface area (Å²) in [4.78, 5) is 2.79. The highest BCUT2D eigenvalue weighted by atomic mass is 35.5. The third kappa shape index (κ3) is 11.3. The van der Waals surface area contributed by atoms with Crippen LogP contribution < -0.4 is 5.32 Å². The van der Waals surface area contributed by atoms with Crippen molar-refractivity contribution < 1.29 is 21.9 Å². The van der Waals surface area contributed by atoms with E-state index in [2.05, 4.69) is 42.1 Å². The van der Waals surface area contributed by atoms with Crippen molar-refractivity contribution in [3.05, 3.63) is 0 Å². The molecule has 6 nitrogen and oxygen atoms in total. The van der Waals surface area contributed by atoms with Crippen molar-refractivity contribution in [1.82, 2.24) is 10.2 Å². The molecule has 0 amide bonds. The van der Waals surface area contributed by atoms with Crippen molar-refractivity contribution in [3.8, 4) is 0 Å². The lowest BCUT2D eigenvalue weighted by Crippen LogP contribution is -2.48. The highest BCUT2D eigenvalue weighted by Gasteiger charge is 2.33. The summed E-state index contributed by atoms with van der Waals surface area (Å²) in [5, 5.41) is 5.51. The zero-order chi connectivity index (χ0) is 23.9. The Balaban J connectivity index is 0.00000342. The van der Waals surface area contributed by atoms with Gasteiger partial charge >= 0.3 is 0 Å². The topological polar surface area (TPSA) is 141 Å². The molecule has 3 atom stereocenters. The summed E-state index contributed by atoms with van der Waals surface area (Å²) < 4.78 is 0. The van der Waals surface area contributed by atoms with Crippen LogP contribution in [0.15, 0.2) is 0 Å². The van der Waals surface area contributed by atoms with Crippen LogP contribution in [0.5, 0.6) is 0 Å². The van der Waals surface area contributed by atoms with Crippen molar-refractivity contribution in [2.75, 3.05) is 32.4 Å². The largest absolute Gasteiger partial charge is 0.412 e. The van der Waals surface area contributed by atoms with E-state index in [1.807, 2.05) is 0 Å². The average molecular weight is 583 g/mol. The molecule has 4 fully saturated rings. The number of nitrogens with zero attached hydrogens (tertiary/aromatic N) is 1. The van der Waals surface area contributed by atoms with Crippen molar-refractivity contribution in [1.29, 1.82) is 0 Å². The van der Waals surface area contributed by atoms with E-state index in [0.29, 0.717) is 11.4 Å². The van der Waals surface area contributed by atoms with Crippen LogP contribution in [0.1, 0.15) is 104 Å².